The molecule has 0 aromatic heterocycles. The van der Waals surface area contributed by atoms with Gasteiger partial charge >= 0.3 is 0 Å². The van der Waals surface area contributed by atoms with E-state index in [1.54, 1.807) is 44.2 Å². The third-order valence-corrected chi connectivity index (χ3v) is 3.76. The van der Waals surface area contributed by atoms with Gasteiger partial charge in [0.15, 0.2) is 17.3 Å². The number of ketones is 1. The smallest absolute Gasteiger partial charge is 0.172 e. The monoisotopic (exact) mass is 268 g/mol. The predicted molar refractivity (Wildman–Crippen MR) is 76.0 cm³/mol. The van der Waals surface area contributed by atoms with E-state index in [1.807, 2.05) is 0 Å². The molecule has 0 fully saturated rings. The van der Waals surface area contributed by atoms with Crippen molar-refractivity contribution in [2.75, 3.05) is 25.7 Å². The molecule has 0 aliphatic heterocycles. The Bertz CT molecular complexity index is 402. The molecule has 3 nitrogen and oxygen atoms in total. The minimum Gasteiger partial charge on any atom is -0.493 e. The van der Waals surface area contributed by atoms with Gasteiger partial charge in [-0.15, -0.1) is 0 Å². The van der Waals surface area contributed by atoms with Gasteiger partial charge in [0.2, 0.25) is 0 Å². The standard InChI is InChI=1S/C14H20O3S/c1-10(2)8-18-9-12(15)11-5-6-13(16-3)14(7-11)17-4/h5-7,10H,8-9H2,1-4H3. The van der Waals surface area contributed by atoms with Gasteiger partial charge in [-0.05, 0) is 29.9 Å². The molecular formula is C14H20O3S. The van der Waals surface area contributed by atoms with E-state index in [1.165, 1.54) is 0 Å². The molecule has 0 unspecified atom stereocenters. The zero-order valence-corrected chi connectivity index (χ0v) is 12.2. The fraction of sp³-hybridized carbons (Fsp3) is 0.500. The molecule has 0 aliphatic carbocycles. The molecule has 4 heteroatoms. The maximum absolute atomic E-state index is 12.0. The average molecular weight is 268 g/mol. The molecule has 1 rings (SSSR count). The third kappa shape index (κ3) is 4.26. The minimum absolute atomic E-state index is 0.126. The lowest BCUT2D eigenvalue weighted by Crippen LogP contribution is -2.05. The molecule has 0 radical (unpaired) electrons. The number of hydrogen-bond donors (Lipinski definition) is 0. The summed E-state index contributed by atoms with van der Waals surface area (Å²) in [6, 6.07) is 5.27. The highest BCUT2D eigenvalue weighted by Crippen LogP contribution is 2.28. The van der Waals surface area contributed by atoms with Crippen molar-refractivity contribution in [3.63, 3.8) is 0 Å². The van der Waals surface area contributed by atoms with Gasteiger partial charge in [0.25, 0.3) is 0 Å². The second-order valence-electron chi connectivity index (χ2n) is 4.40. The summed E-state index contributed by atoms with van der Waals surface area (Å²) < 4.78 is 10.3. The van der Waals surface area contributed by atoms with E-state index < -0.39 is 0 Å². The lowest BCUT2D eigenvalue weighted by atomic mass is 10.1. The molecule has 0 saturated heterocycles. The third-order valence-electron chi connectivity index (χ3n) is 2.39. The molecule has 0 atom stereocenters. The summed E-state index contributed by atoms with van der Waals surface area (Å²) in [4.78, 5) is 12.0. The van der Waals surface area contributed by atoms with Crippen molar-refractivity contribution in [2.24, 2.45) is 5.92 Å². The lowest BCUT2D eigenvalue weighted by molar-refractivity contribution is 0.102. The van der Waals surface area contributed by atoms with Crippen LogP contribution in [-0.2, 0) is 0 Å². The quantitative estimate of drug-likeness (QED) is 0.711. The van der Waals surface area contributed by atoms with Crippen LogP contribution in [0.4, 0.5) is 0 Å². The zero-order valence-electron chi connectivity index (χ0n) is 11.4. The number of Topliss-reactive ketones (excluding diaryl/α,β-unsaturated/α-hetero) is 1. The van der Waals surface area contributed by atoms with Crippen LogP contribution in [0.25, 0.3) is 0 Å². The molecule has 18 heavy (non-hydrogen) atoms. The summed E-state index contributed by atoms with van der Waals surface area (Å²) >= 11 is 1.67. The molecule has 100 valence electrons. The summed E-state index contributed by atoms with van der Waals surface area (Å²) in [6.45, 7) is 4.29. The molecule has 0 spiro atoms. The summed E-state index contributed by atoms with van der Waals surface area (Å²) in [5.74, 6) is 3.48. The first-order valence-corrected chi connectivity index (χ1v) is 7.07. The normalized spacial score (nSPS) is 10.5. The first-order valence-electron chi connectivity index (χ1n) is 5.91. The first kappa shape index (κ1) is 14.9. The molecule has 0 amide bonds. The summed E-state index contributed by atoms with van der Waals surface area (Å²) in [5, 5.41) is 0. The van der Waals surface area contributed by atoms with Gasteiger partial charge in [-0.1, -0.05) is 13.8 Å². The van der Waals surface area contributed by atoms with Crippen LogP contribution in [0.15, 0.2) is 18.2 Å². The fourth-order valence-electron chi connectivity index (χ4n) is 1.48. The van der Waals surface area contributed by atoms with Gasteiger partial charge in [-0.2, -0.15) is 11.8 Å². The van der Waals surface area contributed by atoms with Crippen LogP contribution in [0.1, 0.15) is 24.2 Å². The number of carbonyl (C=O) groups is 1. The second kappa shape index (κ2) is 7.31. The Morgan fingerprint density at radius 2 is 1.89 bits per heavy atom. The number of rotatable bonds is 7. The van der Waals surface area contributed by atoms with E-state index in [0.29, 0.717) is 28.7 Å². The first-order chi connectivity index (χ1) is 8.58. The van der Waals surface area contributed by atoms with Crippen molar-refractivity contribution >= 4 is 17.5 Å². The van der Waals surface area contributed by atoms with Crippen molar-refractivity contribution in [1.29, 1.82) is 0 Å². The molecule has 0 heterocycles. The van der Waals surface area contributed by atoms with E-state index in [9.17, 15) is 4.79 Å². The highest BCUT2D eigenvalue weighted by molar-refractivity contribution is 7.99. The number of benzene rings is 1. The van der Waals surface area contributed by atoms with Crippen LogP contribution in [0, 0.1) is 5.92 Å². The Morgan fingerprint density at radius 1 is 1.22 bits per heavy atom. The van der Waals surface area contributed by atoms with E-state index in [2.05, 4.69) is 13.8 Å². The maximum Gasteiger partial charge on any atom is 0.172 e. The van der Waals surface area contributed by atoms with Gasteiger partial charge in [0.1, 0.15) is 0 Å². The molecule has 0 saturated carbocycles. The highest BCUT2D eigenvalue weighted by Gasteiger charge is 2.11. The lowest BCUT2D eigenvalue weighted by Gasteiger charge is -2.09. The largest absolute Gasteiger partial charge is 0.493 e. The van der Waals surface area contributed by atoms with Gasteiger partial charge in [-0.3, -0.25) is 4.79 Å². The Hall–Kier alpha value is -1.16. The van der Waals surface area contributed by atoms with E-state index in [4.69, 9.17) is 9.47 Å². The molecule has 1 aromatic carbocycles. The van der Waals surface area contributed by atoms with Crippen molar-refractivity contribution in [2.45, 2.75) is 13.8 Å². The highest BCUT2D eigenvalue weighted by atomic mass is 32.2. The Kier molecular flexibility index (Phi) is 6.05. The van der Waals surface area contributed by atoms with Crippen LogP contribution in [0.2, 0.25) is 0 Å². The van der Waals surface area contributed by atoms with Crippen molar-refractivity contribution in [3.05, 3.63) is 23.8 Å². The van der Waals surface area contributed by atoms with E-state index in [-0.39, 0.29) is 5.78 Å². The van der Waals surface area contributed by atoms with Gasteiger partial charge in [0, 0.05) is 5.56 Å². The van der Waals surface area contributed by atoms with Crippen LogP contribution in [0.3, 0.4) is 0 Å². The molecule has 0 N–H and O–H groups in total. The number of methoxy groups -OCH3 is 2. The van der Waals surface area contributed by atoms with E-state index >= 15 is 0 Å². The van der Waals surface area contributed by atoms with Gasteiger partial charge in [-0.25, -0.2) is 0 Å². The van der Waals surface area contributed by atoms with Crippen LogP contribution < -0.4 is 9.47 Å². The summed E-state index contributed by atoms with van der Waals surface area (Å²) in [5.41, 5.74) is 0.670. The summed E-state index contributed by atoms with van der Waals surface area (Å²) in [6.07, 6.45) is 0. The zero-order chi connectivity index (χ0) is 13.5. The number of ether oxygens (including phenoxy) is 2. The van der Waals surface area contributed by atoms with Crippen molar-refractivity contribution in [1.82, 2.24) is 0 Å². The molecule has 0 aliphatic rings. The Balaban J connectivity index is 2.68. The molecule has 1 aromatic rings. The predicted octanol–water partition coefficient (Wildman–Crippen LogP) is 3.28. The van der Waals surface area contributed by atoms with E-state index in [0.717, 1.165) is 5.75 Å². The minimum atomic E-state index is 0.126. The van der Waals surface area contributed by atoms with Gasteiger partial charge < -0.3 is 9.47 Å². The topological polar surface area (TPSA) is 35.5 Å². The SMILES string of the molecule is COc1ccc(C(=O)CSCC(C)C)cc1OC. The molecule has 0 bridgehead atoms. The second-order valence-corrected chi connectivity index (χ2v) is 5.43. The number of thioether (sulfide) groups is 1. The van der Waals surface area contributed by atoms with Gasteiger partial charge in [0.05, 0.1) is 20.0 Å². The Morgan fingerprint density at radius 3 is 2.44 bits per heavy atom. The number of carbonyl (C=O) groups excluding carboxylic acids is 1. The Labute approximate surface area is 113 Å². The van der Waals surface area contributed by atoms with Crippen molar-refractivity contribution in [3.8, 4) is 11.5 Å². The summed E-state index contributed by atoms with van der Waals surface area (Å²) in [7, 11) is 3.15. The van der Waals surface area contributed by atoms with Crippen LogP contribution in [-0.4, -0.2) is 31.5 Å². The van der Waals surface area contributed by atoms with Crippen molar-refractivity contribution < 1.29 is 14.3 Å². The van der Waals surface area contributed by atoms with Crippen LogP contribution >= 0.6 is 11.8 Å². The molecular weight excluding hydrogens is 248 g/mol. The van der Waals surface area contributed by atoms with Crippen LogP contribution in [0.5, 0.6) is 11.5 Å². The fourth-order valence-corrected chi connectivity index (χ4v) is 2.42. The average Bonchev–Trinajstić information content (AvgIpc) is 2.37. The number of hydrogen-bond acceptors (Lipinski definition) is 4. The maximum atomic E-state index is 12.0.